The van der Waals surface area contributed by atoms with Gasteiger partial charge in [0.05, 0.1) is 6.61 Å². The van der Waals surface area contributed by atoms with Crippen LogP contribution < -0.4 is 0 Å². The van der Waals surface area contributed by atoms with Gasteiger partial charge in [0.1, 0.15) is 12.5 Å². The van der Waals surface area contributed by atoms with E-state index < -0.39 is 0 Å². The van der Waals surface area contributed by atoms with Crippen molar-refractivity contribution in [1.29, 1.82) is 0 Å². The van der Waals surface area contributed by atoms with Crippen molar-refractivity contribution in [1.82, 2.24) is 0 Å². The summed E-state index contributed by atoms with van der Waals surface area (Å²) < 4.78 is 15.9. The van der Waals surface area contributed by atoms with E-state index in [1.54, 1.807) is 12.5 Å². The molecule has 0 amide bonds. The molecule has 1 heterocycles. The molecule has 0 aromatic rings. The van der Waals surface area contributed by atoms with Gasteiger partial charge in [-0.15, -0.1) is 0 Å². The number of esters is 1. The lowest BCUT2D eigenvalue weighted by molar-refractivity contribution is -0.144. The maximum Gasteiger partial charge on any atom is 0.306 e. The van der Waals surface area contributed by atoms with Crippen LogP contribution in [0.5, 0.6) is 0 Å². The number of hydrogen-bond donors (Lipinski definition) is 0. The molecule has 0 aliphatic carbocycles. The van der Waals surface area contributed by atoms with Crippen molar-refractivity contribution in [2.45, 2.75) is 168 Å². The minimum absolute atomic E-state index is 0.00890. The van der Waals surface area contributed by atoms with Crippen LogP contribution in [-0.2, 0) is 19.0 Å². The molecule has 0 radical (unpaired) electrons. The van der Waals surface area contributed by atoms with Crippen molar-refractivity contribution in [3.63, 3.8) is 0 Å². The van der Waals surface area contributed by atoms with Gasteiger partial charge in [-0.2, -0.15) is 0 Å². The van der Waals surface area contributed by atoms with E-state index in [9.17, 15) is 4.79 Å². The molecule has 0 saturated carbocycles. The Morgan fingerprint density at radius 1 is 0.692 bits per heavy atom. The fourth-order valence-corrected chi connectivity index (χ4v) is 5.26. The first kappa shape index (κ1) is 35.3. The molecule has 0 aromatic carbocycles. The highest BCUT2D eigenvalue weighted by atomic mass is 16.7. The Morgan fingerprint density at radius 2 is 1.21 bits per heavy atom. The normalized spacial score (nSPS) is 14.3. The number of ether oxygens (including phenoxy) is 3. The lowest BCUT2D eigenvalue weighted by Crippen LogP contribution is -2.12. The third-order valence-electron chi connectivity index (χ3n) is 7.64. The molecule has 0 N–H and O–H groups in total. The van der Waals surface area contributed by atoms with Crippen molar-refractivity contribution < 1.29 is 19.0 Å². The van der Waals surface area contributed by atoms with Gasteiger partial charge in [-0.1, -0.05) is 115 Å². The monoisotopic (exact) mass is 546 g/mol. The smallest absolute Gasteiger partial charge is 0.306 e. The number of allylic oxidation sites excluding steroid dienone is 4. The summed E-state index contributed by atoms with van der Waals surface area (Å²) in [4.78, 5) is 12.1. The minimum atomic E-state index is -0.0570. The summed E-state index contributed by atoms with van der Waals surface area (Å²) >= 11 is 0. The summed E-state index contributed by atoms with van der Waals surface area (Å²) in [6, 6.07) is 0. The van der Waals surface area contributed by atoms with Crippen molar-refractivity contribution in [2.24, 2.45) is 5.92 Å². The lowest BCUT2D eigenvalue weighted by Gasteiger charge is -2.16. The van der Waals surface area contributed by atoms with Crippen LogP contribution in [0.25, 0.3) is 0 Å². The first-order chi connectivity index (χ1) is 19.3. The predicted octanol–water partition coefficient (Wildman–Crippen LogP) is 11.1. The summed E-state index contributed by atoms with van der Waals surface area (Å²) in [5.74, 6) is 0.483. The van der Waals surface area contributed by atoms with E-state index in [1.165, 1.54) is 116 Å². The largest absolute Gasteiger partial charge is 0.466 e. The van der Waals surface area contributed by atoms with Gasteiger partial charge in [0.15, 0.2) is 0 Å². The minimum Gasteiger partial charge on any atom is -0.466 e. The predicted molar refractivity (Wildman–Crippen MR) is 165 cm³/mol. The van der Waals surface area contributed by atoms with Gasteiger partial charge in [-0.3, -0.25) is 4.79 Å². The van der Waals surface area contributed by atoms with Gasteiger partial charge in [0, 0.05) is 12.8 Å². The summed E-state index contributed by atoms with van der Waals surface area (Å²) in [6.07, 6.45) is 40.7. The number of hydrogen-bond acceptors (Lipinski definition) is 4. The molecule has 0 bridgehead atoms. The Bertz CT molecular complexity index is 616. The van der Waals surface area contributed by atoms with Crippen LogP contribution >= 0.6 is 0 Å². The van der Waals surface area contributed by atoms with Crippen molar-refractivity contribution in [3.8, 4) is 0 Å². The topological polar surface area (TPSA) is 44.8 Å². The molecule has 0 saturated heterocycles. The molecule has 0 fully saturated rings. The highest BCUT2D eigenvalue weighted by Gasteiger charge is 2.15. The quantitative estimate of drug-likeness (QED) is 0.0556. The number of rotatable bonds is 28. The number of carbonyl (C=O) groups excluding carboxylic acids is 1. The second-order valence-electron chi connectivity index (χ2n) is 11.3. The molecule has 1 rings (SSSR count). The number of unbranched alkanes of at least 4 members (excludes halogenated alkanes) is 15. The first-order valence-electron chi connectivity index (χ1n) is 16.7. The van der Waals surface area contributed by atoms with Crippen LogP contribution in [0.3, 0.4) is 0 Å². The van der Waals surface area contributed by atoms with E-state index in [-0.39, 0.29) is 12.3 Å². The van der Waals surface area contributed by atoms with Gasteiger partial charge in [-0.05, 0) is 64.2 Å². The third-order valence-corrected chi connectivity index (χ3v) is 7.64. The van der Waals surface area contributed by atoms with Crippen molar-refractivity contribution in [2.75, 3.05) is 6.61 Å². The van der Waals surface area contributed by atoms with Crippen LogP contribution in [-0.4, -0.2) is 18.9 Å². The Balaban J connectivity index is 1.99. The highest BCUT2D eigenvalue weighted by Crippen LogP contribution is 2.23. The molecule has 1 atom stereocenters. The van der Waals surface area contributed by atoms with Crippen LogP contribution in [0.2, 0.25) is 0 Å². The Labute approximate surface area is 242 Å². The fourth-order valence-electron chi connectivity index (χ4n) is 5.26. The zero-order valence-electron chi connectivity index (χ0n) is 25.7. The van der Waals surface area contributed by atoms with E-state index in [1.807, 2.05) is 6.92 Å². The maximum atomic E-state index is 12.1. The average molecular weight is 547 g/mol. The van der Waals surface area contributed by atoms with Gasteiger partial charge in [0.25, 0.3) is 0 Å². The van der Waals surface area contributed by atoms with Crippen LogP contribution in [0, 0.1) is 5.92 Å². The average Bonchev–Trinajstić information content (AvgIpc) is 3.45. The zero-order valence-corrected chi connectivity index (χ0v) is 25.7. The summed E-state index contributed by atoms with van der Waals surface area (Å²) in [5, 5.41) is 0. The summed E-state index contributed by atoms with van der Waals surface area (Å²) in [5.41, 5.74) is 0. The molecule has 4 nitrogen and oxygen atoms in total. The third kappa shape index (κ3) is 23.9. The van der Waals surface area contributed by atoms with Gasteiger partial charge >= 0.3 is 5.97 Å². The standard InChI is InChI=1S/C35H62O4/c1-3-5-6-7-8-9-10-11-12-13-14-15-16-17-18-21-24-27-33(32-34(36)37-4-2)28-25-22-19-20-23-26-29-35-38-30-31-39-35/h8-9,11-12,30-31,33,35H,3-7,10,13-29,32H2,1-2H3/b9-8-,12-11-. The van der Waals surface area contributed by atoms with E-state index in [0.29, 0.717) is 18.9 Å². The Kier molecular flexibility index (Phi) is 25.2. The van der Waals surface area contributed by atoms with Gasteiger partial charge in [0.2, 0.25) is 6.29 Å². The zero-order chi connectivity index (χ0) is 28.1. The van der Waals surface area contributed by atoms with Crippen LogP contribution in [0.15, 0.2) is 36.8 Å². The van der Waals surface area contributed by atoms with E-state index in [4.69, 9.17) is 14.2 Å². The van der Waals surface area contributed by atoms with E-state index >= 15 is 0 Å². The SMILES string of the molecule is CCCCC/C=C\C/C=C\CCCCCCCCCC(CCCCCCCCC1OC=CO1)CC(=O)OCC. The molecule has 4 heteroatoms. The molecule has 39 heavy (non-hydrogen) atoms. The summed E-state index contributed by atoms with van der Waals surface area (Å²) in [7, 11) is 0. The lowest BCUT2D eigenvalue weighted by atomic mass is 9.91. The molecular formula is C35H62O4. The van der Waals surface area contributed by atoms with Crippen molar-refractivity contribution in [3.05, 3.63) is 36.8 Å². The molecule has 1 aliphatic heterocycles. The van der Waals surface area contributed by atoms with Gasteiger partial charge < -0.3 is 14.2 Å². The molecule has 226 valence electrons. The highest BCUT2D eigenvalue weighted by molar-refractivity contribution is 5.69. The van der Waals surface area contributed by atoms with Gasteiger partial charge in [-0.25, -0.2) is 0 Å². The molecule has 1 aliphatic rings. The molecule has 0 spiro atoms. The Hall–Kier alpha value is -1.71. The molecular weight excluding hydrogens is 484 g/mol. The molecule has 1 unspecified atom stereocenters. The van der Waals surface area contributed by atoms with Crippen molar-refractivity contribution >= 4 is 5.97 Å². The fraction of sp³-hybridized carbons (Fsp3) is 0.800. The van der Waals surface area contributed by atoms with E-state index in [0.717, 1.165) is 25.7 Å². The second-order valence-corrected chi connectivity index (χ2v) is 11.3. The summed E-state index contributed by atoms with van der Waals surface area (Å²) in [6.45, 7) is 4.65. The molecule has 0 aromatic heterocycles. The van der Waals surface area contributed by atoms with Crippen LogP contribution in [0.4, 0.5) is 0 Å². The van der Waals surface area contributed by atoms with E-state index in [2.05, 4.69) is 31.2 Å². The second kappa shape index (κ2) is 27.8. The number of carbonyl (C=O) groups is 1. The first-order valence-corrected chi connectivity index (χ1v) is 16.7. The Morgan fingerprint density at radius 3 is 1.77 bits per heavy atom. The van der Waals surface area contributed by atoms with Crippen LogP contribution in [0.1, 0.15) is 162 Å². The maximum absolute atomic E-state index is 12.1.